The lowest BCUT2D eigenvalue weighted by Crippen LogP contribution is -2.52. The van der Waals surface area contributed by atoms with Crippen LogP contribution in [0.4, 0.5) is 15.9 Å². The van der Waals surface area contributed by atoms with Crippen molar-refractivity contribution < 1.29 is 9.18 Å². The highest BCUT2D eigenvalue weighted by molar-refractivity contribution is 5.99. The van der Waals surface area contributed by atoms with Crippen LogP contribution in [0.25, 0.3) is 22.2 Å². The number of amides is 1. The molecular formula is C26H27FN8O. The number of allylic oxidation sites excluding steroid dienone is 1. The van der Waals surface area contributed by atoms with E-state index in [2.05, 4.69) is 38.5 Å². The van der Waals surface area contributed by atoms with Crippen molar-refractivity contribution in [2.75, 3.05) is 38.1 Å². The molecule has 1 saturated heterocycles. The summed E-state index contributed by atoms with van der Waals surface area (Å²) in [5.41, 5.74) is 7.88. The Bertz CT molecular complexity index is 1460. The van der Waals surface area contributed by atoms with E-state index in [0.717, 1.165) is 48.8 Å². The fourth-order valence-electron chi connectivity index (χ4n) is 4.84. The van der Waals surface area contributed by atoms with Crippen LogP contribution in [0.1, 0.15) is 15.9 Å². The molecule has 0 unspecified atom stereocenters. The number of nitrogens with one attached hydrogen (secondary N) is 2. The number of rotatable bonds is 4. The van der Waals surface area contributed by atoms with Gasteiger partial charge < -0.3 is 14.8 Å². The molecule has 0 bridgehead atoms. The highest BCUT2D eigenvalue weighted by Crippen LogP contribution is 2.40. The van der Waals surface area contributed by atoms with Crippen molar-refractivity contribution in [1.82, 2.24) is 35.1 Å². The van der Waals surface area contributed by atoms with Crippen molar-refractivity contribution in [3.05, 3.63) is 72.1 Å². The second-order valence-corrected chi connectivity index (χ2v) is 9.30. The van der Waals surface area contributed by atoms with E-state index >= 15 is 4.39 Å². The van der Waals surface area contributed by atoms with Gasteiger partial charge in [0.25, 0.3) is 5.91 Å². The molecule has 0 spiro atoms. The van der Waals surface area contributed by atoms with Crippen LogP contribution in [0.3, 0.4) is 0 Å². The zero-order chi connectivity index (χ0) is 24.8. The monoisotopic (exact) mass is 486 g/mol. The van der Waals surface area contributed by atoms with Gasteiger partial charge in [0.2, 0.25) is 0 Å². The number of carbonyl (C=O) groups is 1. The number of aromatic amines is 1. The maximum atomic E-state index is 15.2. The Morgan fingerprint density at radius 2 is 1.86 bits per heavy atom. The van der Waals surface area contributed by atoms with Crippen LogP contribution >= 0.6 is 0 Å². The summed E-state index contributed by atoms with van der Waals surface area (Å²) in [6.07, 6.45) is 9.71. The molecule has 9 nitrogen and oxygen atoms in total. The van der Waals surface area contributed by atoms with Crippen LogP contribution in [0, 0.1) is 5.82 Å². The SMILES string of the molecule is CN1CCN(NC(=O)c2ccc(-c3c(F)cnc4c5c([nH]c34)N(c3cnn(C)c3)C=CC5)cc2)CC1. The third-order valence-corrected chi connectivity index (χ3v) is 6.83. The Morgan fingerprint density at radius 3 is 2.58 bits per heavy atom. The quantitative estimate of drug-likeness (QED) is 0.461. The minimum absolute atomic E-state index is 0.167. The van der Waals surface area contributed by atoms with E-state index in [9.17, 15) is 4.79 Å². The minimum atomic E-state index is -0.420. The molecule has 0 radical (unpaired) electrons. The second kappa shape index (κ2) is 8.89. The molecule has 1 aromatic carbocycles. The van der Waals surface area contributed by atoms with Gasteiger partial charge in [-0.2, -0.15) is 5.10 Å². The van der Waals surface area contributed by atoms with Gasteiger partial charge in [-0.1, -0.05) is 18.2 Å². The summed E-state index contributed by atoms with van der Waals surface area (Å²) in [6, 6.07) is 7.04. The van der Waals surface area contributed by atoms with E-state index in [4.69, 9.17) is 0 Å². The number of halogens is 1. The average Bonchev–Trinajstić information content (AvgIpc) is 3.48. The maximum Gasteiger partial charge on any atom is 0.265 e. The lowest BCUT2D eigenvalue weighted by Gasteiger charge is -2.32. The molecule has 4 aromatic rings. The van der Waals surface area contributed by atoms with Crippen LogP contribution in [-0.2, 0) is 13.5 Å². The predicted molar refractivity (Wildman–Crippen MR) is 136 cm³/mol. The summed E-state index contributed by atoms with van der Waals surface area (Å²) in [6.45, 7) is 3.38. The first-order valence-electron chi connectivity index (χ1n) is 12.0. The number of fused-ring (bicyclic) bond motifs is 3. The van der Waals surface area contributed by atoms with E-state index < -0.39 is 5.82 Å². The van der Waals surface area contributed by atoms with Crippen molar-refractivity contribution in [3.63, 3.8) is 0 Å². The number of H-pyrrole nitrogens is 1. The first kappa shape index (κ1) is 22.4. The normalized spacial score (nSPS) is 16.5. The first-order valence-corrected chi connectivity index (χ1v) is 12.0. The molecule has 5 heterocycles. The summed E-state index contributed by atoms with van der Waals surface area (Å²) >= 11 is 0. The van der Waals surface area contributed by atoms with Crippen LogP contribution < -0.4 is 10.3 Å². The third-order valence-electron chi connectivity index (χ3n) is 6.83. The fourth-order valence-corrected chi connectivity index (χ4v) is 4.84. The summed E-state index contributed by atoms with van der Waals surface area (Å²) < 4.78 is 16.9. The van der Waals surface area contributed by atoms with Crippen LogP contribution in [0.15, 0.2) is 55.1 Å². The zero-order valence-electron chi connectivity index (χ0n) is 20.2. The Hall–Kier alpha value is -4.02. The number of hydrazine groups is 1. The largest absolute Gasteiger partial charge is 0.339 e. The van der Waals surface area contributed by atoms with Gasteiger partial charge in [-0.3, -0.25) is 19.9 Å². The summed E-state index contributed by atoms with van der Waals surface area (Å²) in [5, 5.41) is 6.21. The number of nitrogens with zero attached hydrogens (tertiary/aromatic N) is 6. The third kappa shape index (κ3) is 3.94. The number of aryl methyl sites for hydroxylation is 1. The van der Waals surface area contributed by atoms with Gasteiger partial charge in [-0.15, -0.1) is 0 Å². The van der Waals surface area contributed by atoms with Gasteiger partial charge >= 0.3 is 0 Å². The van der Waals surface area contributed by atoms with Gasteiger partial charge in [0, 0.05) is 62.3 Å². The first-order chi connectivity index (χ1) is 17.5. The number of benzene rings is 1. The molecule has 2 aliphatic heterocycles. The van der Waals surface area contributed by atoms with Gasteiger partial charge in [0.15, 0.2) is 5.82 Å². The molecule has 184 valence electrons. The van der Waals surface area contributed by atoms with Gasteiger partial charge in [0.05, 0.1) is 29.1 Å². The van der Waals surface area contributed by atoms with Crippen molar-refractivity contribution in [3.8, 4) is 11.1 Å². The standard InChI is InChI=1S/C26H27FN8O/c1-32-10-12-34(13-11-32)31-26(36)18-7-5-17(6-8-18)22-21(27)15-28-23-20-4-3-9-35(25(20)30-24(22)23)19-14-29-33(2)16-19/h3,5-9,14-16,30H,4,10-13H2,1-2H3,(H,31,36). The second-order valence-electron chi connectivity index (χ2n) is 9.30. The lowest BCUT2D eigenvalue weighted by molar-refractivity contribution is 0.0662. The molecule has 0 saturated carbocycles. The number of anilines is 2. The van der Waals surface area contributed by atoms with Crippen LogP contribution in [0.5, 0.6) is 0 Å². The molecule has 1 amide bonds. The number of likely N-dealkylation sites (N-methyl/N-ethyl adjacent to an activating group) is 1. The number of hydrogen-bond acceptors (Lipinski definition) is 6. The maximum absolute atomic E-state index is 15.2. The molecule has 3 aromatic heterocycles. The van der Waals surface area contributed by atoms with Crippen molar-refractivity contribution in [1.29, 1.82) is 0 Å². The Kier molecular flexibility index (Phi) is 5.54. The number of pyridine rings is 1. The summed E-state index contributed by atoms with van der Waals surface area (Å²) in [7, 11) is 3.94. The van der Waals surface area contributed by atoms with Crippen molar-refractivity contribution in [2.24, 2.45) is 7.05 Å². The Balaban J connectivity index is 1.32. The smallest absolute Gasteiger partial charge is 0.265 e. The predicted octanol–water partition coefficient (Wildman–Crippen LogP) is 3.20. The topological polar surface area (TPSA) is 85.3 Å². The molecule has 0 aliphatic carbocycles. The average molecular weight is 487 g/mol. The number of carbonyl (C=O) groups excluding carboxylic acids is 1. The van der Waals surface area contributed by atoms with E-state index in [-0.39, 0.29) is 5.91 Å². The highest BCUT2D eigenvalue weighted by atomic mass is 19.1. The number of piperazine rings is 1. The molecule has 10 heteroatoms. The molecule has 6 rings (SSSR count). The molecule has 2 aliphatic rings. The van der Waals surface area contributed by atoms with E-state index in [1.165, 1.54) is 6.20 Å². The Labute approximate surface area is 207 Å². The summed E-state index contributed by atoms with van der Waals surface area (Å²) in [4.78, 5) is 24.8. The van der Waals surface area contributed by atoms with Gasteiger partial charge in [0.1, 0.15) is 5.82 Å². The van der Waals surface area contributed by atoms with E-state index in [1.807, 2.05) is 29.4 Å². The summed E-state index contributed by atoms with van der Waals surface area (Å²) in [5.74, 6) is 0.264. The molecule has 2 N–H and O–H groups in total. The Morgan fingerprint density at radius 1 is 1.08 bits per heavy atom. The van der Waals surface area contributed by atoms with Crippen molar-refractivity contribution in [2.45, 2.75) is 6.42 Å². The van der Waals surface area contributed by atoms with E-state index in [1.54, 1.807) is 35.1 Å². The molecule has 1 fully saturated rings. The zero-order valence-corrected chi connectivity index (χ0v) is 20.2. The molecule has 36 heavy (non-hydrogen) atoms. The van der Waals surface area contributed by atoms with Crippen molar-refractivity contribution >= 4 is 28.4 Å². The van der Waals surface area contributed by atoms with Crippen LogP contribution in [-0.4, -0.2) is 68.8 Å². The lowest BCUT2D eigenvalue weighted by atomic mass is 10.0. The van der Waals surface area contributed by atoms with Gasteiger partial charge in [-0.25, -0.2) is 9.40 Å². The molecular weight excluding hydrogens is 459 g/mol. The number of aromatic nitrogens is 4. The van der Waals surface area contributed by atoms with E-state index in [0.29, 0.717) is 28.6 Å². The minimum Gasteiger partial charge on any atom is -0.339 e. The fraction of sp³-hybridized carbons (Fsp3) is 0.269. The highest BCUT2D eigenvalue weighted by Gasteiger charge is 2.25. The molecule has 0 atom stereocenters. The van der Waals surface area contributed by atoms with Gasteiger partial charge in [-0.05, 0) is 31.2 Å². The number of hydrogen-bond donors (Lipinski definition) is 2. The van der Waals surface area contributed by atoms with Crippen LogP contribution in [0.2, 0.25) is 0 Å².